The summed E-state index contributed by atoms with van der Waals surface area (Å²) in [5.41, 5.74) is 1.59. The zero-order valence-electron chi connectivity index (χ0n) is 10.4. The van der Waals surface area contributed by atoms with Crippen molar-refractivity contribution >= 4 is 17.3 Å². The Balaban J connectivity index is 2.83. The molecule has 2 N–H and O–H groups in total. The van der Waals surface area contributed by atoms with Gasteiger partial charge in [0.25, 0.3) is 0 Å². The summed E-state index contributed by atoms with van der Waals surface area (Å²) in [6, 6.07) is 9.42. The SMILES string of the molecule is CC(=O)Nc1cccc(N(CCO)CCC#N)c1. The number of nitrogens with one attached hydrogen (secondary N) is 1. The molecule has 1 aromatic rings. The Labute approximate surface area is 107 Å². The minimum atomic E-state index is -0.127. The highest BCUT2D eigenvalue weighted by Crippen LogP contribution is 2.19. The third-order valence-corrected chi connectivity index (χ3v) is 2.40. The minimum Gasteiger partial charge on any atom is -0.395 e. The van der Waals surface area contributed by atoms with Crippen LogP contribution in [0.25, 0.3) is 0 Å². The molecule has 0 radical (unpaired) electrons. The van der Waals surface area contributed by atoms with Gasteiger partial charge >= 0.3 is 0 Å². The average Bonchev–Trinajstić information content (AvgIpc) is 2.34. The predicted molar refractivity (Wildman–Crippen MR) is 70.3 cm³/mol. The zero-order chi connectivity index (χ0) is 13.4. The number of benzene rings is 1. The summed E-state index contributed by atoms with van der Waals surface area (Å²) in [5, 5.41) is 20.3. The van der Waals surface area contributed by atoms with Gasteiger partial charge in [0.2, 0.25) is 5.91 Å². The van der Waals surface area contributed by atoms with Crippen LogP contribution in [-0.4, -0.2) is 30.7 Å². The van der Waals surface area contributed by atoms with Gasteiger partial charge in [0, 0.05) is 31.4 Å². The Bertz CT molecular complexity index is 440. The number of rotatable bonds is 6. The van der Waals surface area contributed by atoms with Crippen molar-refractivity contribution < 1.29 is 9.90 Å². The molecule has 0 saturated heterocycles. The summed E-state index contributed by atoms with van der Waals surface area (Å²) in [6.07, 6.45) is 0.393. The van der Waals surface area contributed by atoms with E-state index in [9.17, 15) is 4.79 Å². The van der Waals surface area contributed by atoms with Crippen molar-refractivity contribution in [2.24, 2.45) is 0 Å². The van der Waals surface area contributed by atoms with Gasteiger partial charge < -0.3 is 15.3 Å². The highest BCUT2D eigenvalue weighted by Gasteiger charge is 2.06. The predicted octanol–water partition coefficient (Wildman–Crippen LogP) is 1.36. The molecule has 0 aliphatic rings. The van der Waals surface area contributed by atoms with Crippen molar-refractivity contribution in [3.05, 3.63) is 24.3 Å². The highest BCUT2D eigenvalue weighted by molar-refractivity contribution is 5.89. The smallest absolute Gasteiger partial charge is 0.221 e. The van der Waals surface area contributed by atoms with Crippen molar-refractivity contribution in [1.29, 1.82) is 5.26 Å². The van der Waals surface area contributed by atoms with Crippen LogP contribution in [0.1, 0.15) is 13.3 Å². The largest absolute Gasteiger partial charge is 0.395 e. The lowest BCUT2D eigenvalue weighted by atomic mass is 10.2. The first-order valence-electron chi connectivity index (χ1n) is 5.77. The number of nitriles is 1. The lowest BCUT2D eigenvalue weighted by molar-refractivity contribution is -0.114. The van der Waals surface area contributed by atoms with E-state index in [-0.39, 0.29) is 12.5 Å². The van der Waals surface area contributed by atoms with E-state index in [1.807, 2.05) is 23.1 Å². The molecule has 0 fully saturated rings. The lowest BCUT2D eigenvalue weighted by Gasteiger charge is -2.23. The Morgan fingerprint density at radius 2 is 2.28 bits per heavy atom. The van der Waals surface area contributed by atoms with Crippen LogP contribution in [0.15, 0.2) is 24.3 Å². The van der Waals surface area contributed by atoms with Crippen LogP contribution in [0.2, 0.25) is 0 Å². The van der Waals surface area contributed by atoms with Crippen molar-refractivity contribution in [3.63, 3.8) is 0 Å². The van der Waals surface area contributed by atoms with Gasteiger partial charge in [-0.05, 0) is 18.2 Å². The number of anilines is 2. The molecule has 1 amide bonds. The molecule has 0 unspecified atom stereocenters. The summed E-state index contributed by atoms with van der Waals surface area (Å²) >= 11 is 0. The van der Waals surface area contributed by atoms with E-state index in [0.29, 0.717) is 25.2 Å². The number of hydrogen-bond acceptors (Lipinski definition) is 4. The number of carbonyl (C=O) groups excluding carboxylic acids is 1. The number of aliphatic hydroxyl groups is 1. The van der Waals surface area contributed by atoms with E-state index in [4.69, 9.17) is 10.4 Å². The van der Waals surface area contributed by atoms with Crippen LogP contribution >= 0.6 is 0 Å². The molecule has 0 aromatic heterocycles. The number of nitrogens with zero attached hydrogens (tertiary/aromatic N) is 2. The molecule has 96 valence electrons. The van der Waals surface area contributed by atoms with Gasteiger partial charge in [0.1, 0.15) is 0 Å². The Morgan fingerprint density at radius 1 is 1.50 bits per heavy atom. The molecular formula is C13H17N3O2. The highest BCUT2D eigenvalue weighted by atomic mass is 16.3. The number of carbonyl (C=O) groups is 1. The molecule has 0 spiro atoms. The number of hydrogen-bond donors (Lipinski definition) is 2. The van der Waals surface area contributed by atoms with Crippen LogP contribution in [-0.2, 0) is 4.79 Å². The minimum absolute atomic E-state index is 0.0236. The molecule has 5 heteroatoms. The number of aliphatic hydroxyl groups excluding tert-OH is 1. The average molecular weight is 247 g/mol. The molecule has 0 saturated carbocycles. The van der Waals surface area contributed by atoms with E-state index < -0.39 is 0 Å². The van der Waals surface area contributed by atoms with Crippen molar-refractivity contribution in [2.75, 3.05) is 29.9 Å². The first-order chi connectivity index (χ1) is 8.67. The fourth-order valence-electron chi connectivity index (χ4n) is 1.66. The Morgan fingerprint density at radius 3 is 2.89 bits per heavy atom. The van der Waals surface area contributed by atoms with Crippen molar-refractivity contribution in [1.82, 2.24) is 0 Å². The van der Waals surface area contributed by atoms with Gasteiger partial charge in [-0.1, -0.05) is 6.07 Å². The van der Waals surface area contributed by atoms with Gasteiger partial charge in [-0.15, -0.1) is 0 Å². The monoisotopic (exact) mass is 247 g/mol. The second-order valence-electron chi connectivity index (χ2n) is 3.85. The van der Waals surface area contributed by atoms with Crippen LogP contribution in [0.3, 0.4) is 0 Å². The first-order valence-corrected chi connectivity index (χ1v) is 5.77. The van der Waals surface area contributed by atoms with Crippen LogP contribution in [0.4, 0.5) is 11.4 Å². The maximum atomic E-state index is 11.0. The van der Waals surface area contributed by atoms with Crippen molar-refractivity contribution in [3.8, 4) is 6.07 Å². The summed E-state index contributed by atoms with van der Waals surface area (Å²) in [6.45, 7) is 2.50. The summed E-state index contributed by atoms with van der Waals surface area (Å²) in [4.78, 5) is 12.9. The molecule has 1 rings (SSSR count). The van der Waals surface area contributed by atoms with E-state index in [1.54, 1.807) is 6.07 Å². The normalized spacial score (nSPS) is 9.61. The Kier molecular flexibility index (Phi) is 5.68. The number of amides is 1. The van der Waals surface area contributed by atoms with Gasteiger partial charge in [-0.25, -0.2) is 0 Å². The zero-order valence-corrected chi connectivity index (χ0v) is 10.4. The fraction of sp³-hybridized carbons (Fsp3) is 0.385. The maximum absolute atomic E-state index is 11.0. The van der Waals surface area contributed by atoms with Gasteiger partial charge in [-0.3, -0.25) is 4.79 Å². The fourth-order valence-corrected chi connectivity index (χ4v) is 1.66. The first kappa shape index (κ1) is 14.0. The Hall–Kier alpha value is -2.06. The van der Waals surface area contributed by atoms with Gasteiger partial charge in [0.05, 0.1) is 19.1 Å². The third-order valence-electron chi connectivity index (χ3n) is 2.40. The standard InChI is InChI=1S/C13H17N3O2/c1-11(18)15-12-4-2-5-13(10-12)16(8-9-17)7-3-6-14/h2,4-5,10,17H,3,7-9H2,1H3,(H,15,18). The van der Waals surface area contributed by atoms with Crippen molar-refractivity contribution in [2.45, 2.75) is 13.3 Å². The molecular weight excluding hydrogens is 230 g/mol. The molecule has 1 aromatic carbocycles. The summed E-state index contributed by atoms with van der Waals surface area (Å²) in [7, 11) is 0. The molecule has 0 aliphatic heterocycles. The van der Waals surface area contributed by atoms with E-state index in [1.165, 1.54) is 6.92 Å². The van der Waals surface area contributed by atoms with E-state index in [2.05, 4.69) is 11.4 Å². The second kappa shape index (κ2) is 7.30. The summed E-state index contributed by atoms with van der Waals surface area (Å²) < 4.78 is 0. The van der Waals surface area contributed by atoms with E-state index >= 15 is 0 Å². The third kappa shape index (κ3) is 4.44. The van der Waals surface area contributed by atoms with E-state index in [0.717, 1.165) is 5.69 Å². The molecule has 0 aliphatic carbocycles. The van der Waals surface area contributed by atoms with Crippen LogP contribution in [0, 0.1) is 11.3 Å². The van der Waals surface area contributed by atoms with Gasteiger partial charge in [0.15, 0.2) is 0 Å². The van der Waals surface area contributed by atoms with Crippen LogP contribution < -0.4 is 10.2 Å². The molecule has 0 heterocycles. The molecule has 0 atom stereocenters. The quantitative estimate of drug-likeness (QED) is 0.795. The molecule has 0 bridgehead atoms. The topological polar surface area (TPSA) is 76.4 Å². The lowest BCUT2D eigenvalue weighted by Crippen LogP contribution is -2.27. The maximum Gasteiger partial charge on any atom is 0.221 e. The van der Waals surface area contributed by atoms with Crippen LogP contribution in [0.5, 0.6) is 0 Å². The second-order valence-corrected chi connectivity index (χ2v) is 3.85. The molecule has 18 heavy (non-hydrogen) atoms. The van der Waals surface area contributed by atoms with Gasteiger partial charge in [-0.2, -0.15) is 5.26 Å². The summed E-state index contributed by atoms with van der Waals surface area (Å²) in [5.74, 6) is -0.127. The molecule has 5 nitrogen and oxygen atoms in total.